The van der Waals surface area contributed by atoms with Crippen molar-refractivity contribution in [3.05, 3.63) is 69.0 Å². The molecule has 1 aliphatic rings. The smallest absolute Gasteiger partial charge is 0.255 e. The number of nitrogens with zero attached hydrogens (tertiary/aromatic N) is 1. The van der Waals surface area contributed by atoms with E-state index < -0.39 is 5.82 Å². The van der Waals surface area contributed by atoms with Crippen LogP contribution in [0.15, 0.2) is 36.4 Å². The Kier molecular flexibility index (Phi) is 3.87. The van der Waals surface area contributed by atoms with Crippen molar-refractivity contribution in [1.82, 2.24) is 4.90 Å². The summed E-state index contributed by atoms with van der Waals surface area (Å²) in [6, 6.07) is 10.4. The predicted molar refractivity (Wildman–Crippen MR) is 81.3 cm³/mol. The van der Waals surface area contributed by atoms with Crippen LogP contribution in [0, 0.1) is 5.82 Å². The minimum absolute atomic E-state index is 0.0828. The third-order valence-corrected chi connectivity index (χ3v) is 4.26. The lowest BCUT2D eigenvalue weighted by Gasteiger charge is -2.29. The Balaban J connectivity index is 1.89. The normalized spacial score (nSPS) is 14.0. The molecule has 21 heavy (non-hydrogen) atoms. The van der Waals surface area contributed by atoms with Gasteiger partial charge in [-0.1, -0.05) is 47.5 Å². The van der Waals surface area contributed by atoms with Gasteiger partial charge in [-0.25, -0.2) is 4.39 Å². The van der Waals surface area contributed by atoms with Crippen molar-refractivity contribution in [2.24, 2.45) is 0 Å². The van der Waals surface area contributed by atoms with Gasteiger partial charge in [0.25, 0.3) is 5.91 Å². The van der Waals surface area contributed by atoms with Crippen LogP contribution in [-0.4, -0.2) is 17.4 Å². The number of amides is 1. The van der Waals surface area contributed by atoms with Gasteiger partial charge < -0.3 is 4.90 Å². The van der Waals surface area contributed by atoms with E-state index in [1.54, 1.807) is 4.90 Å². The van der Waals surface area contributed by atoms with E-state index in [0.717, 1.165) is 18.1 Å². The molecule has 0 unspecified atom stereocenters. The molecule has 1 heterocycles. The summed E-state index contributed by atoms with van der Waals surface area (Å²) < 4.78 is 13.6. The molecule has 0 N–H and O–H groups in total. The van der Waals surface area contributed by atoms with Crippen molar-refractivity contribution >= 4 is 29.1 Å². The molecule has 1 amide bonds. The summed E-state index contributed by atoms with van der Waals surface area (Å²) in [6.07, 6.45) is 0.787. The zero-order chi connectivity index (χ0) is 15.0. The van der Waals surface area contributed by atoms with Crippen LogP contribution in [0.25, 0.3) is 0 Å². The van der Waals surface area contributed by atoms with Crippen LogP contribution in [-0.2, 0) is 13.0 Å². The quantitative estimate of drug-likeness (QED) is 0.715. The van der Waals surface area contributed by atoms with Crippen LogP contribution < -0.4 is 0 Å². The minimum atomic E-state index is -0.637. The van der Waals surface area contributed by atoms with Crippen molar-refractivity contribution in [3.8, 4) is 0 Å². The monoisotopic (exact) mass is 323 g/mol. The minimum Gasteiger partial charge on any atom is -0.334 e. The highest BCUT2D eigenvalue weighted by molar-refractivity contribution is 6.36. The van der Waals surface area contributed by atoms with Gasteiger partial charge >= 0.3 is 0 Å². The Morgan fingerprint density at radius 3 is 2.57 bits per heavy atom. The predicted octanol–water partition coefficient (Wildman–Crippen LogP) is 4.33. The fourth-order valence-electron chi connectivity index (χ4n) is 2.53. The van der Waals surface area contributed by atoms with Crippen LogP contribution in [0.5, 0.6) is 0 Å². The fourth-order valence-corrected chi connectivity index (χ4v) is 2.99. The molecule has 0 aromatic heterocycles. The van der Waals surface area contributed by atoms with Gasteiger partial charge in [0.1, 0.15) is 5.82 Å². The van der Waals surface area contributed by atoms with E-state index in [-0.39, 0.29) is 21.5 Å². The van der Waals surface area contributed by atoms with Crippen LogP contribution in [0.4, 0.5) is 4.39 Å². The van der Waals surface area contributed by atoms with E-state index in [9.17, 15) is 9.18 Å². The van der Waals surface area contributed by atoms with Gasteiger partial charge in [0.05, 0.1) is 15.6 Å². The average molecular weight is 324 g/mol. The second-order valence-electron chi connectivity index (χ2n) is 4.99. The molecule has 0 atom stereocenters. The highest BCUT2D eigenvalue weighted by Crippen LogP contribution is 2.27. The molecule has 5 heteroatoms. The van der Waals surface area contributed by atoms with E-state index in [2.05, 4.69) is 6.07 Å². The Hall–Kier alpha value is -1.58. The summed E-state index contributed by atoms with van der Waals surface area (Å²) in [6.45, 7) is 1.10. The van der Waals surface area contributed by atoms with Crippen molar-refractivity contribution in [2.75, 3.05) is 6.54 Å². The number of benzene rings is 2. The SMILES string of the molecule is O=C(c1cc(F)c(Cl)cc1Cl)N1CCc2ccccc2C1. The Morgan fingerprint density at radius 1 is 1.10 bits per heavy atom. The van der Waals surface area contributed by atoms with E-state index in [0.29, 0.717) is 13.1 Å². The number of rotatable bonds is 1. The highest BCUT2D eigenvalue weighted by Gasteiger charge is 2.24. The van der Waals surface area contributed by atoms with Gasteiger partial charge in [-0.15, -0.1) is 0 Å². The van der Waals surface area contributed by atoms with Crippen LogP contribution in [0.2, 0.25) is 10.0 Å². The lowest BCUT2D eigenvalue weighted by molar-refractivity contribution is 0.0734. The first-order valence-electron chi connectivity index (χ1n) is 6.57. The third kappa shape index (κ3) is 2.76. The van der Waals surface area contributed by atoms with Gasteiger partial charge in [-0.05, 0) is 29.7 Å². The van der Waals surface area contributed by atoms with E-state index in [1.807, 2.05) is 18.2 Å². The third-order valence-electron chi connectivity index (χ3n) is 3.66. The largest absolute Gasteiger partial charge is 0.334 e. The second kappa shape index (κ2) is 5.66. The van der Waals surface area contributed by atoms with Crippen molar-refractivity contribution < 1.29 is 9.18 Å². The summed E-state index contributed by atoms with van der Waals surface area (Å²) in [5.74, 6) is -0.910. The summed E-state index contributed by atoms with van der Waals surface area (Å²) >= 11 is 11.7. The number of fused-ring (bicyclic) bond motifs is 1. The molecular weight excluding hydrogens is 312 g/mol. The maximum Gasteiger partial charge on any atom is 0.255 e. The number of carbonyl (C=O) groups excluding carboxylic acids is 1. The summed E-state index contributed by atoms with van der Waals surface area (Å²) in [5, 5.41) is 0.0887. The number of carbonyl (C=O) groups is 1. The molecule has 0 bridgehead atoms. The average Bonchev–Trinajstić information content (AvgIpc) is 2.50. The van der Waals surface area contributed by atoms with Crippen LogP contribution in [0.3, 0.4) is 0 Å². The Bertz CT molecular complexity index is 717. The Labute approximate surface area is 132 Å². The topological polar surface area (TPSA) is 20.3 Å². The highest BCUT2D eigenvalue weighted by atomic mass is 35.5. The first-order chi connectivity index (χ1) is 10.1. The molecule has 3 rings (SSSR count). The second-order valence-corrected chi connectivity index (χ2v) is 5.81. The van der Waals surface area contributed by atoms with Crippen molar-refractivity contribution in [2.45, 2.75) is 13.0 Å². The summed E-state index contributed by atoms with van der Waals surface area (Å²) in [4.78, 5) is 14.2. The first-order valence-corrected chi connectivity index (χ1v) is 7.32. The van der Waals surface area contributed by atoms with Crippen molar-refractivity contribution in [3.63, 3.8) is 0 Å². The molecule has 0 saturated heterocycles. The van der Waals surface area contributed by atoms with Crippen LogP contribution in [0.1, 0.15) is 21.5 Å². The van der Waals surface area contributed by atoms with Crippen LogP contribution >= 0.6 is 23.2 Å². The molecule has 0 aliphatic carbocycles. The van der Waals surface area contributed by atoms with Gasteiger partial charge in [0.2, 0.25) is 0 Å². The van der Waals surface area contributed by atoms with Gasteiger partial charge in [0.15, 0.2) is 0 Å². The summed E-state index contributed by atoms with van der Waals surface area (Å²) in [7, 11) is 0. The molecule has 0 saturated carbocycles. The molecular formula is C16H12Cl2FNO. The van der Waals surface area contributed by atoms with E-state index >= 15 is 0 Å². The summed E-state index contributed by atoms with van der Waals surface area (Å²) in [5.41, 5.74) is 2.51. The zero-order valence-corrected chi connectivity index (χ0v) is 12.6. The van der Waals surface area contributed by atoms with Crippen molar-refractivity contribution in [1.29, 1.82) is 0 Å². The van der Waals surface area contributed by atoms with Gasteiger partial charge in [-0.2, -0.15) is 0 Å². The maximum absolute atomic E-state index is 13.6. The van der Waals surface area contributed by atoms with Gasteiger partial charge in [-0.3, -0.25) is 4.79 Å². The van der Waals surface area contributed by atoms with Gasteiger partial charge in [0, 0.05) is 13.1 Å². The molecule has 0 radical (unpaired) electrons. The Morgan fingerprint density at radius 2 is 1.81 bits per heavy atom. The zero-order valence-electron chi connectivity index (χ0n) is 11.1. The maximum atomic E-state index is 13.6. The number of hydrogen-bond donors (Lipinski definition) is 0. The molecule has 0 spiro atoms. The number of halogens is 3. The molecule has 0 fully saturated rings. The molecule has 1 aliphatic heterocycles. The first kappa shape index (κ1) is 14.4. The number of hydrogen-bond acceptors (Lipinski definition) is 1. The molecule has 2 nitrogen and oxygen atoms in total. The lowest BCUT2D eigenvalue weighted by atomic mass is 9.99. The molecule has 108 valence electrons. The molecule has 2 aromatic carbocycles. The van der Waals surface area contributed by atoms with E-state index in [4.69, 9.17) is 23.2 Å². The van der Waals surface area contributed by atoms with E-state index in [1.165, 1.54) is 11.6 Å². The molecule has 2 aromatic rings. The standard InChI is InChI=1S/C16H12Cl2FNO/c17-13-8-14(18)15(19)7-12(13)16(21)20-6-5-10-3-1-2-4-11(10)9-20/h1-4,7-8H,5-6,9H2. The lowest BCUT2D eigenvalue weighted by Crippen LogP contribution is -2.36. The fraction of sp³-hybridized carbons (Fsp3) is 0.188.